The molecule has 1 amide bonds. The smallest absolute Gasteiger partial charge is 0.270 e. The van der Waals surface area contributed by atoms with Crippen molar-refractivity contribution in [1.29, 1.82) is 0 Å². The van der Waals surface area contributed by atoms with Gasteiger partial charge >= 0.3 is 0 Å². The van der Waals surface area contributed by atoms with Gasteiger partial charge in [0.2, 0.25) is 0 Å². The van der Waals surface area contributed by atoms with Crippen molar-refractivity contribution in [3.63, 3.8) is 0 Å². The summed E-state index contributed by atoms with van der Waals surface area (Å²) in [5.74, 6) is 0.0797. The Balaban J connectivity index is 0.00000256. The van der Waals surface area contributed by atoms with Crippen molar-refractivity contribution in [3.8, 4) is 0 Å². The number of halogens is 1. The zero-order valence-electron chi connectivity index (χ0n) is 10.2. The Hall–Kier alpha value is -1.33. The van der Waals surface area contributed by atoms with Crippen molar-refractivity contribution < 1.29 is 9.53 Å². The maximum absolute atomic E-state index is 11.7. The second-order valence-electron chi connectivity index (χ2n) is 4.09. The van der Waals surface area contributed by atoms with Crippen LogP contribution in [0, 0.1) is 0 Å². The van der Waals surface area contributed by atoms with Crippen LogP contribution in [-0.4, -0.2) is 30.1 Å². The summed E-state index contributed by atoms with van der Waals surface area (Å²) in [6, 6.07) is 4.94. The van der Waals surface area contributed by atoms with E-state index in [-0.39, 0.29) is 18.3 Å². The summed E-state index contributed by atoms with van der Waals surface area (Å²) in [5.41, 5.74) is 5.41. The second-order valence-corrected chi connectivity index (χ2v) is 4.09. The highest BCUT2D eigenvalue weighted by Gasteiger charge is 2.18. The summed E-state index contributed by atoms with van der Waals surface area (Å²) < 4.78 is 5.19. The molecule has 0 unspecified atom stereocenters. The predicted molar refractivity (Wildman–Crippen MR) is 69.3 cm³/mol. The first kappa shape index (κ1) is 15.7. The average Bonchev–Trinajstić information content (AvgIpc) is 2.26. The molecule has 5 nitrogen and oxygen atoms in total. The zero-order chi connectivity index (χ0) is 12.2. The molecule has 0 aromatic carbocycles. The van der Waals surface area contributed by atoms with Gasteiger partial charge in [-0.2, -0.15) is 0 Å². The van der Waals surface area contributed by atoms with Crippen LogP contribution in [0.15, 0.2) is 18.2 Å². The average molecular weight is 260 g/mol. The van der Waals surface area contributed by atoms with Crippen LogP contribution in [0.4, 0.5) is 5.82 Å². The van der Waals surface area contributed by atoms with Gasteiger partial charge < -0.3 is 15.8 Å². The van der Waals surface area contributed by atoms with Crippen molar-refractivity contribution in [2.24, 2.45) is 0 Å². The van der Waals surface area contributed by atoms with Gasteiger partial charge in [0.1, 0.15) is 11.5 Å². The quantitative estimate of drug-likeness (QED) is 0.853. The summed E-state index contributed by atoms with van der Waals surface area (Å²) in [6.45, 7) is 4.19. The molecule has 96 valence electrons. The molecule has 0 atom stereocenters. The van der Waals surface area contributed by atoms with E-state index in [1.807, 2.05) is 13.8 Å². The fourth-order valence-electron chi connectivity index (χ4n) is 1.03. The Morgan fingerprint density at radius 2 is 2.18 bits per heavy atom. The molecule has 1 aromatic rings. The van der Waals surface area contributed by atoms with Gasteiger partial charge in [-0.15, -0.1) is 12.4 Å². The fourth-order valence-corrected chi connectivity index (χ4v) is 1.03. The van der Waals surface area contributed by atoms with Gasteiger partial charge in [0.15, 0.2) is 0 Å². The van der Waals surface area contributed by atoms with E-state index in [0.29, 0.717) is 18.1 Å². The van der Waals surface area contributed by atoms with Crippen molar-refractivity contribution in [2.75, 3.05) is 19.4 Å². The van der Waals surface area contributed by atoms with Gasteiger partial charge in [-0.3, -0.25) is 4.79 Å². The SMILES string of the molecule is COC(C)(C)CNC(=O)c1cccc(N)n1.Cl. The fraction of sp³-hybridized carbons (Fsp3) is 0.455. The maximum atomic E-state index is 11.7. The Labute approximate surface area is 107 Å². The van der Waals surface area contributed by atoms with Crippen LogP contribution in [0.2, 0.25) is 0 Å². The molecule has 6 heteroatoms. The van der Waals surface area contributed by atoms with E-state index in [2.05, 4.69) is 10.3 Å². The molecular weight excluding hydrogens is 242 g/mol. The minimum Gasteiger partial charge on any atom is -0.384 e. The highest BCUT2D eigenvalue weighted by atomic mass is 35.5. The van der Waals surface area contributed by atoms with Gasteiger partial charge in [0.05, 0.1) is 5.60 Å². The van der Waals surface area contributed by atoms with E-state index in [9.17, 15) is 4.79 Å². The lowest BCUT2D eigenvalue weighted by molar-refractivity contribution is 0.0228. The normalized spacial score (nSPS) is 10.5. The summed E-state index contributed by atoms with van der Waals surface area (Å²) in [6.07, 6.45) is 0. The second kappa shape index (κ2) is 6.42. The third kappa shape index (κ3) is 5.01. The number of hydrogen-bond acceptors (Lipinski definition) is 4. The number of carbonyl (C=O) groups excluding carboxylic acids is 1. The molecule has 17 heavy (non-hydrogen) atoms. The summed E-state index contributed by atoms with van der Waals surface area (Å²) in [5, 5.41) is 2.74. The van der Waals surface area contributed by atoms with Crippen molar-refractivity contribution in [3.05, 3.63) is 23.9 Å². The molecule has 1 aromatic heterocycles. The number of anilines is 1. The van der Waals surface area contributed by atoms with Gasteiger partial charge in [-0.1, -0.05) is 6.07 Å². The monoisotopic (exact) mass is 259 g/mol. The largest absolute Gasteiger partial charge is 0.384 e. The van der Waals surface area contributed by atoms with Crippen LogP contribution in [0.1, 0.15) is 24.3 Å². The number of ether oxygens (including phenoxy) is 1. The number of rotatable bonds is 4. The first-order valence-corrected chi connectivity index (χ1v) is 5.00. The third-order valence-electron chi connectivity index (χ3n) is 2.23. The van der Waals surface area contributed by atoms with E-state index in [1.165, 1.54) is 0 Å². The topological polar surface area (TPSA) is 77.2 Å². The highest BCUT2D eigenvalue weighted by Crippen LogP contribution is 2.06. The number of methoxy groups -OCH3 is 1. The van der Waals surface area contributed by atoms with Gasteiger partial charge in [0, 0.05) is 13.7 Å². The summed E-state index contributed by atoms with van der Waals surface area (Å²) >= 11 is 0. The molecule has 3 N–H and O–H groups in total. The highest BCUT2D eigenvalue weighted by molar-refractivity contribution is 5.92. The first-order valence-electron chi connectivity index (χ1n) is 5.00. The minimum absolute atomic E-state index is 0. The molecule has 1 heterocycles. The van der Waals surface area contributed by atoms with Crippen molar-refractivity contribution in [2.45, 2.75) is 19.4 Å². The molecule has 0 aliphatic heterocycles. The molecule has 0 fully saturated rings. The van der Waals surface area contributed by atoms with Crippen LogP contribution in [0.5, 0.6) is 0 Å². The Morgan fingerprint density at radius 3 is 2.71 bits per heavy atom. The van der Waals surface area contributed by atoms with E-state index in [1.54, 1.807) is 25.3 Å². The van der Waals surface area contributed by atoms with Crippen LogP contribution in [0.3, 0.4) is 0 Å². The van der Waals surface area contributed by atoms with Gasteiger partial charge in [-0.25, -0.2) is 4.98 Å². The van der Waals surface area contributed by atoms with E-state index >= 15 is 0 Å². The van der Waals surface area contributed by atoms with Crippen LogP contribution in [-0.2, 0) is 4.74 Å². The molecule has 0 aliphatic carbocycles. The number of amides is 1. The number of nitrogens with one attached hydrogen (secondary N) is 1. The van der Waals surface area contributed by atoms with E-state index < -0.39 is 5.60 Å². The summed E-state index contributed by atoms with van der Waals surface area (Å²) in [7, 11) is 1.60. The lowest BCUT2D eigenvalue weighted by Gasteiger charge is -2.22. The molecule has 0 aliphatic rings. The number of carbonyl (C=O) groups is 1. The van der Waals surface area contributed by atoms with E-state index in [0.717, 1.165) is 0 Å². The van der Waals surface area contributed by atoms with Gasteiger partial charge in [0.25, 0.3) is 5.91 Å². The zero-order valence-corrected chi connectivity index (χ0v) is 11.0. The molecule has 0 radical (unpaired) electrons. The lowest BCUT2D eigenvalue weighted by Crippen LogP contribution is -2.40. The first-order chi connectivity index (χ1) is 7.44. The summed E-state index contributed by atoms with van der Waals surface area (Å²) in [4.78, 5) is 15.6. The van der Waals surface area contributed by atoms with Crippen molar-refractivity contribution >= 4 is 24.1 Å². The number of nitrogen functional groups attached to an aromatic ring is 1. The Morgan fingerprint density at radius 1 is 1.53 bits per heavy atom. The maximum Gasteiger partial charge on any atom is 0.270 e. The third-order valence-corrected chi connectivity index (χ3v) is 2.23. The Kier molecular flexibility index (Phi) is 5.91. The molecule has 0 bridgehead atoms. The number of nitrogens with two attached hydrogens (primary N) is 1. The molecule has 0 saturated heterocycles. The lowest BCUT2D eigenvalue weighted by atomic mass is 10.1. The number of pyridine rings is 1. The molecule has 0 spiro atoms. The number of aromatic nitrogens is 1. The standard InChI is InChI=1S/C11H17N3O2.ClH/c1-11(2,16-3)7-13-10(15)8-5-4-6-9(12)14-8;/h4-6H,7H2,1-3H3,(H2,12,14)(H,13,15);1H. The Bertz CT molecular complexity index is 383. The minimum atomic E-state index is -0.393. The van der Waals surface area contributed by atoms with Crippen LogP contribution < -0.4 is 11.1 Å². The molecule has 1 rings (SSSR count). The van der Waals surface area contributed by atoms with Crippen LogP contribution in [0.25, 0.3) is 0 Å². The van der Waals surface area contributed by atoms with Gasteiger partial charge in [-0.05, 0) is 26.0 Å². The predicted octanol–water partition coefficient (Wildman–Crippen LogP) is 1.24. The number of hydrogen-bond donors (Lipinski definition) is 2. The van der Waals surface area contributed by atoms with Crippen LogP contribution >= 0.6 is 12.4 Å². The molecular formula is C11H18ClN3O2. The van der Waals surface area contributed by atoms with Crippen molar-refractivity contribution in [1.82, 2.24) is 10.3 Å². The number of nitrogens with zero attached hydrogens (tertiary/aromatic N) is 1. The van der Waals surface area contributed by atoms with E-state index in [4.69, 9.17) is 10.5 Å². The molecule has 0 saturated carbocycles.